The Kier molecular flexibility index (Phi) is 10.4. The van der Waals surface area contributed by atoms with Crippen LogP contribution in [-0.2, 0) is 11.3 Å². The number of alkyl halides is 4. The first-order chi connectivity index (χ1) is 16.1. The molecule has 3 rings (SSSR count). The molecule has 12 heteroatoms. The Morgan fingerprint density at radius 3 is 2.62 bits per heavy atom. The molecular formula is C22H28BF5N3O2S. The maximum absolute atomic E-state index is 13.7. The zero-order valence-corrected chi connectivity index (χ0v) is 20.1. The quantitative estimate of drug-likeness (QED) is 0.390. The van der Waals surface area contributed by atoms with Crippen LogP contribution < -0.4 is 5.59 Å². The number of thiazole rings is 1. The van der Waals surface area contributed by atoms with Crippen molar-refractivity contribution >= 4 is 30.2 Å². The number of rotatable bonds is 9. The summed E-state index contributed by atoms with van der Waals surface area (Å²) in [7, 11) is 0.617. The molecule has 1 saturated heterocycles. The molecule has 3 heterocycles. The summed E-state index contributed by atoms with van der Waals surface area (Å²) in [6, 6.07) is 1.09. The van der Waals surface area contributed by atoms with E-state index in [2.05, 4.69) is 9.97 Å². The van der Waals surface area contributed by atoms with Gasteiger partial charge in [-0.1, -0.05) is 20.8 Å². The van der Waals surface area contributed by atoms with Gasteiger partial charge in [0.2, 0.25) is 12.8 Å². The van der Waals surface area contributed by atoms with E-state index in [4.69, 9.17) is 0 Å². The van der Waals surface area contributed by atoms with E-state index in [1.165, 1.54) is 17.5 Å². The fourth-order valence-electron chi connectivity index (χ4n) is 4.28. The number of likely N-dealkylation sites (tertiary alicyclic amines) is 1. The van der Waals surface area contributed by atoms with Crippen molar-refractivity contribution in [3.8, 4) is 10.6 Å². The summed E-state index contributed by atoms with van der Waals surface area (Å²) < 4.78 is 64.8. The lowest BCUT2D eigenvalue weighted by Crippen LogP contribution is -2.50. The van der Waals surface area contributed by atoms with Crippen molar-refractivity contribution < 1.29 is 31.9 Å². The fourth-order valence-corrected chi connectivity index (χ4v) is 5.26. The number of carbonyl (C=O) groups is 1. The van der Waals surface area contributed by atoms with E-state index < -0.39 is 36.4 Å². The second-order valence-electron chi connectivity index (χ2n) is 8.21. The summed E-state index contributed by atoms with van der Waals surface area (Å²) in [5, 5.41) is 10.1. The van der Waals surface area contributed by atoms with E-state index in [9.17, 15) is 31.9 Å². The molecule has 1 radical (unpaired) electrons. The molecule has 1 aliphatic rings. The first kappa shape index (κ1) is 28.2. The number of carboxylic acid groups (broad SMARTS) is 1. The van der Waals surface area contributed by atoms with Gasteiger partial charge in [0.1, 0.15) is 10.8 Å². The third kappa shape index (κ3) is 7.46. The normalized spacial score (nSPS) is 20.8. The maximum atomic E-state index is 13.7. The van der Waals surface area contributed by atoms with Crippen molar-refractivity contribution in [1.29, 1.82) is 0 Å². The highest BCUT2D eigenvalue weighted by atomic mass is 32.1. The minimum atomic E-state index is -2.77. The van der Waals surface area contributed by atoms with Crippen LogP contribution in [0.25, 0.3) is 10.6 Å². The minimum Gasteiger partial charge on any atom is -0.481 e. The molecule has 1 unspecified atom stereocenters. The van der Waals surface area contributed by atoms with Gasteiger partial charge in [-0.15, -0.1) is 11.3 Å². The molecule has 0 spiro atoms. The van der Waals surface area contributed by atoms with E-state index in [0.29, 0.717) is 31.8 Å². The number of carboxylic acids is 1. The van der Waals surface area contributed by atoms with Gasteiger partial charge in [0, 0.05) is 48.3 Å². The topological polar surface area (TPSA) is 66.3 Å². The molecule has 187 valence electrons. The summed E-state index contributed by atoms with van der Waals surface area (Å²) in [4.78, 5) is 22.5. The van der Waals surface area contributed by atoms with Crippen LogP contribution in [0.15, 0.2) is 18.5 Å². The van der Waals surface area contributed by atoms with Gasteiger partial charge < -0.3 is 5.11 Å². The molecule has 2 atom stereocenters. The van der Waals surface area contributed by atoms with Gasteiger partial charge in [0.05, 0.1) is 11.6 Å². The van der Waals surface area contributed by atoms with Crippen LogP contribution >= 0.6 is 11.3 Å². The van der Waals surface area contributed by atoms with Crippen LogP contribution in [0, 0.1) is 17.2 Å². The number of pyridine rings is 1. The number of piperidine rings is 1. The highest BCUT2D eigenvalue weighted by Gasteiger charge is 2.44. The third-order valence-corrected chi connectivity index (χ3v) is 6.48. The van der Waals surface area contributed by atoms with Crippen LogP contribution in [0.5, 0.6) is 0 Å². The second-order valence-corrected chi connectivity index (χ2v) is 9.33. The number of hydrogen-bond acceptors (Lipinski definition) is 5. The average molecular weight is 504 g/mol. The summed E-state index contributed by atoms with van der Waals surface area (Å²) in [6.45, 7) is 6.92. The minimum absolute atomic E-state index is 0.00965. The van der Waals surface area contributed by atoms with Crippen molar-refractivity contribution in [3.05, 3.63) is 29.2 Å². The SMILES string of the molecule is CC.CC1CN(Cc2cnc(-c3cc(F)cnc3[B]C(F)F)s2)C[C@](CCC(F)F)(C(=O)O)C1. The number of aliphatic carboxylic acids is 1. The van der Waals surface area contributed by atoms with Crippen LogP contribution in [0.2, 0.25) is 0 Å². The Hall–Kier alpha value is -2.08. The van der Waals surface area contributed by atoms with Gasteiger partial charge in [-0.05, 0) is 24.8 Å². The predicted molar refractivity (Wildman–Crippen MR) is 122 cm³/mol. The van der Waals surface area contributed by atoms with Gasteiger partial charge in [0.25, 0.3) is 7.28 Å². The molecule has 1 N–H and O–H groups in total. The summed E-state index contributed by atoms with van der Waals surface area (Å²) in [6.07, 6.45) is -3.23. The molecular weight excluding hydrogens is 476 g/mol. The molecule has 1 aliphatic heterocycles. The molecule has 0 amide bonds. The molecule has 0 aliphatic carbocycles. The van der Waals surface area contributed by atoms with Crippen molar-refractivity contribution in [3.63, 3.8) is 0 Å². The standard InChI is InChI=1S/C20H22BF5N3O2S.C2H6/c1-11-5-20(18(30)31,3-2-15(23)24)10-29(8-11)9-13-7-28-17(32-13)14-4-12(22)6-27-16(14)21-19(25)26;1-2/h4,6-7,11,15,19H,2-3,5,8-10H2,1H3,(H,30,31);1-2H3/t11?,20-;/m1./s1. The third-order valence-electron chi connectivity index (χ3n) is 5.46. The van der Waals surface area contributed by atoms with E-state index >= 15 is 0 Å². The van der Waals surface area contributed by atoms with Crippen molar-refractivity contribution in [2.24, 2.45) is 11.3 Å². The highest BCUT2D eigenvalue weighted by Crippen LogP contribution is 2.39. The Balaban J connectivity index is 0.00000199. The molecule has 0 aromatic carbocycles. The van der Waals surface area contributed by atoms with Gasteiger partial charge >= 0.3 is 5.97 Å². The van der Waals surface area contributed by atoms with E-state index in [0.717, 1.165) is 17.1 Å². The molecule has 34 heavy (non-hydrogen) atoms. The van der Waals surface area contributed by atoms with Crippen LogP contribution in [-0.4, -0.2) is 59.1 Å². The van der Waals surface area contributed by atoms with Crippen LogP contribution in [0.1, 0.15) is 44.9 Å². The number of aromatic nitrogens is 2. The Morgan fingerprint density at radius 2 is 2.00 bits per heavy atom. The Bertz CT molecular complexity index is 949. The highest BCUT2D eigenvalue weighted by molar-refractivity contribution is 7.15. The second kappa shape index (κ2) is 12.6. The van der Waals surface area contributed by atoms with Gasteiger partial charge in [-0.3, -0.25) is 14.7 Å². The first-order valence-electron chi connectivity index (χ1n) is 11.1. The Labute approximate surface area is 200 Å². The lowest BCUT2D eigenvalue weighted by Gasteiger charge is -2.43. The largest absolute Gasteiger partial charge is 0.481 e. The van der Waals surface area contributed by atoms with Crippen LogP contribution in [0.3, 0.4) is 0 Å². The van der Waals surface area contributed by atoms with E-state index in [1.807, 2.05) is 25.7 Å². The summed E-state index contributed by atoms with van der Waals surface area (Å²) in [5.41, 5.74) is -1.19. The zero-order chi connectivity index (χ0) is 25.5. The molecule has 2 aromatic heterocycles. The monoisotopic (exact) mass is 504 g/mol. The fraction of sp³-hybridized carbons (Fsp3) is 0.591. The molecule has 0 saturated carbocycles. The van der Waals surface area contributed by atoms with Crippen molar-refractivity contribution in [1.82, 2.24) is 14.9 Å². The van der Waals surface area contributed by atoms with E-state index in [-0.39, 0.29) is 30.0 Å². The van der Waals surface area contributed by atoms with Crippen molar-refractivity contribution in [2.45, 2.75) is 59.3 Å². The smallest absolute Gasteiger partial charge is 0.310 e. The molecule has 1 fully saturated rings. The maximum Gasteiger partial charge on any atom is 0.310 e. The molecule has 2 aromatic rings. The predicted octanol–water partition coefficient (Wildman–Crippen LogP) is 4.88. The first-order valence-corrected chi connectivity index (χ1v) is 11.9. The van der Waals surface area contributed by atoms with Gasteiger partial charge in [-0.2, -0.15) is 0 Å². The average Bonchev–Trinajstić information content (AvgIpc) is 3.22. The van der Waals surface area contributed by atoms with Crippen LogP contribution in [0.4, 0.5) is 22.0 Å². The summed E-state index contributed by atoms with van der Waals surface area (Å²) in [5.74, 6) is -1.78. The van der Waals surface area contributed by atoms with Crippen molar-refractivity contribution in [2.75, 3.05) is 13.1 Å². The lowest BCUT2D eigenvalue weighted by atomic mass is 9.72. The van der Waals surface area contributed by atoms with E-state index in [1.54, 1.807) is 0 Å². The zero-order valence-electron chi connectivity index (χ0n) is 19.3. The number of halogens is 5. The summed E-state index contributed by atoms with van der Waals surface area (Å²) >= 11 is 1.17. The number of nitrogens with zero attached hydrogens (tertiary/aromatic N) is 3. The molecule has 5 nitrogen and oxygen atoms in total. The molecule has 0 bridgehead atoms. The van der Waals surface area contributed by atoms with Gasteiger partial charge in [0.15, 0.2) is 0 Å². The lowest BCUT2D eigenvalue weighted by molar-refractivity contribution is -0.155. The number of hydrogen-bond donors (Lipinski definition) is 1. The Morgan fingerprint density at radius 1 is 1.29 bits per heavy atom. The van der Waals surface area contributed by atoms with Gasteiger partial charge in [-0.25, -0.2) is 26.9 Å².